The van der Waals surface area contributed by atoms with Crippen molar-refractivity contribution in [1.29, 1.82) is 0 Å². The van der Waals surface area contributed by atoms with Crippen molar-refractivity contribution in [1.82, 2.24) is 20.2 Å². The first-order valence-corrected chi connectivity index (χ1v) is 7.95. The van der Waals surface area contributed by atoms with E-state index >= 15 is 0 Å². The summed E-state index contributed by atoms with van der Waals surface area (Å²) in [6.07, 6.45) is 5.50. The predicted octanol–water partition coefficient (Wildman–Crippen LogP) is 2.15. The number of rotatable bonds is 7. The molecule has 1 aliphatic heterocycles. The monoisotopic (exact) mass is 292 g/mol. The number of likely N-dealkylation sites (tertiary alicyclic amines) is 1. The molecule has 0 saturated carbocycles. The molecule has 0 amide bonds. The van der Waals surface area contributed by atoms with Crippen molar-refractivity contribution in [2.24, 2.45) is 0 Å². The van der Waals surface area contributed by atoms with Crippen molar-refractivity contribution in [2.45, 2.75) is 58.7 Å². The lowest BCUT2D eigenvalue weighted by Gasteiger charge is -2.19. The smallest absolute Gasteiger partial charge is 0.316 e. The highest BCUT2D eigenvalue weighted by atomic mass is 16.5. The van der Waals surface area contributed by atoms with E-state index in [0.717, 1.165) is 24.2 Å². The van der Waals surface area contributed by atoms with Gasteiger partial charge >= 0.3 is 6.01 Å². The van der Waals surface area contributed by atoms with E-state index in [1.807, 2.05) is 13.1 Å². The molecule has 5 nitrogen and oxygen atoms in total. The van der Waals surface area contributed by atoms with Gasteiger partial charge < -0.3 is 15.0 Å². The minimum Gasteiger partial charge on any atom is -0.463 e. The second-order valence-corrected chi connectivity index (χ2v) is 6.21. The second-order valence-electron chi connectivity index (χ2n) is 6.21. The van der Waals surface area contributed by atoms with E-state index in [9.17, 15) is 0 Å². The molecule has 1 N–H and O–H groups in total. The van der Waals surface area contributed by atoms with Crippen LogP contribution in [0.5, 0.6) is 6.01 Å². The van der Waals surface area contributed by atoms with Gasteiger partial charge in [0.2, 0.25) is 0 Å². The largest absolute Gasteiger partial charge is 0.463 e. The molecule has 1 unspecified atom stereocenters. The Morgan fingerprint density at radius 3 is 2.90 bits per heavy atom. The highest BCUT2D eigenvalue weighted by Crippen LogP contribution is 2.18. The number of hydrogen-bond donors (Lipinski definition) is 1. The van der Waals surface area contributed by atoms with Crippen molar-refractivity contribution in [2.75, 3.05) is 20.2 Å². The zero-order chi connectivity index (χ0) is 15.2. The molecule has 21 heavy (non-hydrogen) atoms. The van der Waals surface area contributed by atoms with E-state index in [1.54, 1.807) is 0 Å². The van der Waals surface area contributed by atoms with E-state index in [2.05, 4.69) is 41.1 Å². The fraction of sp³-hybridized carbons (Fsp3) is 0.750. The summed E-state index contributed by atoms with van der Waals surface area (Å²) in [5, 5.41) is 3.38. The summed E-state index contributed by atoms with van der Waals surface area (Å²) in [7, 11) is 2.19. The Kier molecular flexibility index (Phi) is 5.94. The lowest BCUT2D eigenvalue weighted by Crippen LogP contribution is -2.26. The van der Waals surface area contributed by atoms with Crippen molar-refractivity contribution in [3.05, 3.63) is 17.5 Å². The number of aromatic nitrogens is 2. The predicted molar refractivity (Wildman–Crippen MR) is 84.5 cm³/mol. The van der Waals surface area contributed by atoms with Gasteiger partial charge in [-0.15, -0.1) is 0 Å². The normalized spacial score (nSPS) is 19.4. The number of hydrogen-bond acceptors (Lipinski definition) is 5. The van der Waals surface area contributed by atoms with Crippen LogP contribution in [0.25, 0.3) is 0 Å². The Balaban J connectivity index is 1.79. The zero-order valence-electron chi connectivity index (χ0n) is 13.7. The molecule has 1 fully saturated rings. The Bertz CT molecular complexity index is 450. The SMILES string of the molecule is Cc1nc(OCCC2CCCN2C)ncc1CNC(C)C. The van der Waals surface area contributed by atoms with Gasteiger partial charge in [-0.1, -0.05) is 13.8 Å². The highest BCUT2D eigenvalue weighted by Gasteiger charge is 2.20. The molecule has 118 valence electrons. The number of ether oxygens (including phenoxy) is 1. The molecular formula is C16H28N4O. The molecule has 0 aliphatic carbocycles. The van der Waals surface area contributed by atoms with E-state index in [4.69, 9.17) is 4.74 Å². The summed E-state index contributed by atoms with van der Waals surface area (Å²) in [5.41, 5.74) is 2.12. The molecule has 0 bridgehead atoms. The van der Waals surface area contributed by atoms with E-state index in [-0.39, 0.29) is 0 Å². The molecule has 0 radical (unpaired) electrons. The third-order valence-corrected chi connectivity index (χ3v) is 4.11. The lowest BCUT2D eigenvalue weighted by atomic mass is 10.1. The molecule has 1 aromatic rings. The van der Waals surface area contributed by atoms with E-state index in [0.29, 0.717) is 24.7 Å². The molecule has 1 aliphatic rings. The highest BCUT2D eigenvalue weighted by molar-refractivity contribution is 5.17. The van der Waals surface area contributed by atoms with Crippen molar-refractivity contribution >= 4 is 0 Å². The van der Waals surface area contributed by atoms with Crippen LogP contribution in [0, 0.1) is 6.92 Å². The van der Waals surface area contributed by atoms with Gasteiger partial charge in [0.1, 0.15) is 0 Å². The quantitative estimate of drug-likeness (QED) is 0.834. The first-order valence-electron chi connectivity index (χ1n) is 7.95. The molecular weight excluding hydrogens is 264 g/mol. The van der Waals surface area contributed by atoms with Crippen LogP contribution in [-0.4, -0.2) is 47.2 Å². The molecule has 2 rings (SSSR count). The summed E-state index contributed by atoms with van der Waals surface area (Å²) < 4.78 is 5.71. The van der Waals surface area contributed by atoms with Gasteiger partial charge in [-0.25, -0.2) is 9.97 Å². The van der Waals surface area contributed by atoms with Crippen LogP contribution in [0.1, 0.15) is 44.4 Å². The molecule has 5 heteroatoms. The average Bonchev–Trinajstić information content (AvgIpc) is 2.83. The Hall–Kier alpha value is -1.20. The summed E-state index contributed by atoms with van der Waals surface area (Å²) >= 11 is 0. The first kappa shape index (κ1) is 16.2. The molecule has 1 atom stereocenters. The van der Waals surface area contributed by atoms with Crippen LogP contribution < -0.4 is 10.1 Å². The number of nitrogens with one attached hydrogen (secondary N) is 1. The third-order valence-electron chi connectivity index (χ3n) is 4.11. The van der Waals surface area contributed by atoms with Crippen LogP contribution in [0.3, 0.4) is 0 Å². The van der Waals surface area contributed by atoms with Crippen LogP contribution in [0.4, 0.5) is 0 Å². The number of aryl methyl sites for hydroxylation is 1. The van der Waals surface area contributed by atoms with Gasteiger partial charge in [0, 0.05) is 36.1 Å². The van der Waals surface area contributed by atoms with Gasteiger partial charge in [-0.3, -0.25) is 0 Å². The summed E-state index contributed by atoms with van der Waals surface area (Å²) in [6.45, 7) is 8.98. The van der Waals surface area contributed by atoms with Crippen LogP contribution in [0.2, 0.25) is 0 Å². The first-order chi connectivity index (χ1) is 10.1. The fourth-order valence-corrected chi connectivity index (χ4v) is 2.66. The zero-order valence-corrected chi connectivity index (χ0v) is 13.7. The van der Waals surface area contributed by atoms with Gasteiger partial charge in [-0.05, 0) is 39.8 Å². The maximum Gasteiger partial charge on any atom is 0.316 e. The maximum absolute atomic E-state index is 5.71. The Morgan fingerprint density at radius 2 is 2.29 bits per heavy atom. The fourth-order valence-electron chi connectivity index (χ4n) is 2.66. The maximum atomic E-state index is 5.71. The molecule has 2 heterocycles. The van der Waals surface area contributed by atoms with Crippen LogP contribution in [-0.2, 0) is 6.54 Å². The minimum atomic E-state index is 0.462. The van der Waals surface area contributed by atoms with Gasteiger partial charge in [0.25, 0.3) is 0 Å². The summed E-state index contributed by atoms with van der Waals surface area (Å²) in [5.74, 6) is 0. The minimum absolute atomic E-state index is 0.462. The molecule has 1 aromatic heterocycles. The Morgan fingerprint density at radius 1 is 1.48 bits per heavy atom. The van der Waals surface area contributed by atoms with E-state index in [1.165, 1.54) is 19.4 Å². The van der Waals surface area contributed by atoms with Gasteiger partial charge in [0.05, 0.1) is 6.61 Å². The van der Waals surface area contributed by atoms with Crippen LogP contribution in [0.15, 0.2) is 6.20 Å². The van der Waals surface area contributed by atoms with Crippen molar-refractivity contribution in [3.8, 4) is 6.01 Å². The molecule has 1 saturated heterocycles. The van der Waals surface area contributed by atoms with Crippen molar-refractivity contribution in [3.63, 3.8) is 0 Å². The van der Waals surface area contributed by atoms with Crippen molar-refractivity contribution < 1.29 is 4.74 Å². The van der Waals surface area contributed by atoms with E-state index < -0.39 is 0 Å². The van der Waals surface area contributed by atoms with Gasteiger partial charge in [0.15, 0.2) is 0 Å². The third kappa shape index (κ3) is 4.93. The Labute approximate surface area is 128 Å². The van der Waals surface area contributed by atoms with Crippen LogP contribution >= 0.6 is 0 Å². The van der Waals surface area contributed by atoms with Gasteiger partial charge in [-0.2, -0.15) is 0 Å². The molecule has 0 spiro atoms. The number of nitrogens with zero attached hydrogens (tertiary/aromatic N) is 3. The summed E-state index contributed by atoms with van der Waals surface area (Å²) in [6, 6.07) is 1.62. The average molecular weight is 292 g/mol. The summed E-state index contributed by atoms with van der Waals surface area (Å²) in [4.78, 5) is 11.2. The standard InChI is InChI=1S/C16H28N4O/c1-12(2)17-10-14-11-18-16(19-13(14)3)21-9-7-15-6-5-8-20(15)4/h11-12,15,17H,5-10H2,1-4H3. The second kappa shape index (κ2) is 7.71. The topological polar surface area (TPSA) is 50.3 Å². The molecule has 0 aromatic carbocycles. The lowest BCUT2D eigenvalue weighted by molar-refractivity contribution is 0.222.